The number of pyridine rings is 1. The van der Waals surface area contributed by atoms with Gasteiger partial charge >= 0.3 is 0 Å². The molecule has 1 saturated heterocycles. The van der Waals surface area contributed by atoms with Gasteiger partial charge in [0.2, 0.25) is 0 Å². The minimum atomic E-state index is 0.0237. The largest absolute Gasteiger partial charge is 0.383 e. The van der Waals surface area contributed by atoms with Crippen molar-refractivity contribution >= 4 is 5.69 Å². The van der Waals surface area contributed by atoms with E-state index in [1.165, 1.54) is 19.4 Å². The number of aromatic nitrogens is 1. The first kappa shape index (κ1) is 16.0. The van der Waals surface area contributed by atoms with Crippen LogP contribution in [0.4, 0.5) is 5.69 Å². The topological polar surface area (TPSA) is 46.5 Å². The van der Waals surface area contributed by atoms with Crippen LogP contribution in [0.2, 0.25) is 0 Å². The van der Waals surface area contributed by atoms with Gasteiger partial charge in [0.25, 0.3) is 5.56 Å². The molecule has 0 amide bonds. The summed E-state index contributed by atoms with van der Waals surface area (Å²) in [5.41, 5.74) is 1.05. The molecule has 1 N–H and O–H groups in total. The van der Waals surface area contributed by atoms with Crippen molar-refractivity contribution in [3.8, 4) is 0 Å². The quantitative estimate of drug-likeness (QED) is 0.868. The molecule has 1 aliphatic rings. The Hall–Kier alpha value is -1.33. The average molecular weight is 293 g/mol. The number of rotatable bonds is 6. The number of anilines is 1. The average Bonchev–Trinajstić information content (AvgIpc) is 2.73. The lowest BCUT2D eigenvalue weighted by Crippen LogP contribution is -2.27. The zero-order chi connectivity index (χ0) is 15.1. The van der Waals surface area contributed by atoms with E-state index >= 15 is 0 Å². The first-order chi connectivity index (χ1) is 10.2. The monoisotopic (exact) mass is 293 g/mol. The summed E-state index contributed by atoms with van der Waals surface area (Å²) < 4.78 is 6.75. The maximum Gasteiger partial charge on any atom is 0.250 e. The zero-order valence-corrected chi connectivity index (χ0v) is 13.2. The first-order valence-electron chi connectivity index (χ1n) is 7.91. The highest BCUT2D eigenvalue weighted by atomic mass is 16.5. The van der Waals surface area contributed by atoms with E-state index in [0.29, 0.717) is 19.2 Å². The summed E-state index contributed by atoms with van der Waals surface area (Å²) in [5.74, 6) is 0. The van der Waals surface area contributed by atoms with E-state index in [0.717, 1.165) is 25.2 Å². The number of likely N-dealkylation sites (tertiary alicyclic amines) is 1. The van der Waals surface area contributed by atoms with Crippen LogP contribution in [0.25, 0.3) is 0 Å². The Labute approximate surface area is 126 Å². The highest BCUT2D eigenvalue weighted by Gasteiger charge is 2.15. The maximum atomic E-state index is 11.8. The highest BCUT2D eigenvalue weighted by molar-refractivity contribution is 5.41. The second-order valence-corrected chi connectivity index (χ2v) is 5.65. The molecule has 0 saturated carbocycles. The van der Waals surface area contributed by atoms with Gasteiger partial charge in [0.1, 0.15) is 0 Å². The van der Waals surface area contributed by atoms with Crippen LogP contribution in [0, 0.1) is 0 Å². The normalized spacial score (nSPS) is 20.2. The van der Waals surface area contributed by atoms with Crippen LogP contribution in [0.3, 0.4) is 0 Å². The van der Waals surface area contributed by atoms with E-state index in [1.54, 1.807) is 17.7 Å². The fourth-order valence-electron chi connectivity index (χ4n) is 2.83. The molecule has 5 heteroatoms. The molecule has 5 nitrogen and oxygen atoms in total. The highest BCUT2D eigenvalue weighted by Crippen LogP contribution is 2.16. The number of methoxy groups -OCH3 is 1. The molecule has 1 atom stereocenters. The number of hydrogen-bond donors (Lipinski definition) is 1. The minimum Gasteiger partial charge on any atom is -0.383 e. The maximum absolute atomic E-state index is 11.8. The van der Waals surface area contributed by atoms with Crippen molar-refractivity contribution in [2.24, 2.45) is 0 Å². The molecule has 2 rings (SSSR count). The van der Waals surface area contributed by atoms with Gasteiger partial charge in [-0.2, -0.15) is 0 Å². The van der Waals surface area contributed by atoms with Gasteiger partial charge in [0.15, 0.2) is 0 Å². The first-order valence-corrected chi connectivity index (χ1v) is 7.91. The third kappa shape index (κ3) is 4.86. The van der Waals surface area contributed by atoms with Gasteiger partial charge < -0.3 is 19.5 Å². The fourth-order valence-corrected chi connectivity index (χ4v) is 2.83. The molecule has 0 radical (unpaired) electrons. The lowest BCUT2D eigenvalue weighted by molar-refractivity contribution is 0.186. The van der Waals surface area contributed by atoms with Crippen LogP contribution in [-0.4, -0.2) is 48.9 Å². The van der Waals surface area contributed by atoms with Crippen molar-refractivity contribution in [1.82, 2.24) is 9.47 Å². The molecule has 0 bridgehead atoms. The second-order valence-electron chi connectivity index (χ2n) is 5.65. The summed E-state index contributed by atoms with van der Waals surface area (Å²) in [4.78, 5) is 14.3. The Morgan fingerprint density at radius 2 is 2.19 bits per heavy atom. The number of nitrogens with one attached hydrogen (secondary N) is 1. The standard InChI is InChI=1S/C16H27N3O2/c1-3-18-9-4-5-14(8-10-18)17-15-6-7-16(20)19(13-15)11-12-21-2/h6-7,13-14,17H,3-5,8-12H2,1-2H3. The van der Waals surface area contributed by atoms with E-state index in [4.69, 9.17) is 4.74 Å². The van der Waals surface area contributed by atoms with Crippen LogP contribution in [-0.2, 0) is 11.3 Å². The lowest BCUT2D eigenvalue weighted by Gasteiger charge is -2.19. The summed E-state index contributed by atoms with van der Waals surface area (Å²) >= 11 is 0. The molecule has 0 aliphatic carbocycles. The second kappa shape index (κ2) is 8.20. The Balaban J connectivity index is 1.97. The molecule has 1 aromatic rings. The van der Waals surface area contributed by atoms with Crippen LogP contribution in [0.1, 0.15) is 26.2 Å². The molecule has 21 heavy (non-hydrogen) atoms. The minimum absolute atomic E-state index is 0.0237. The molecule has 0 spiro atoms. The molecule has 0 aromatic carbocycles. The van der Waals surface area contributed by atoms with E-state index in [-0.39, 0.29) is 5.56 Å². The van der Waals surface area contributed by atoms with Gasteiger partial charge in [0.05, 0.1) is 12.3 Å². The van der Waals surface area contributed by atoms with E-state index in [9.17, 15) is 4.79 Å². The van der Waals surface area contributed by atoms with Gasteiger partial charge in [-0.15, -0.1) is 0 Å². The summed E-state index contributed by atoms with van der Waals surface area (Å²) in [6.07, 6.45) is 5.48. The number of ether oxygens (including phenoxy) is 1. The molecule has 118 valence electrons. The van der Waals surface area contributed by atoms with E-state index < -0.39 is 0 Å². The molecular weight excluding hydrogens is 266 g/mol. The Bertz CT molecular complexity index is 487. The zero-order valence-electron chi connectivity index (χ0n) is 13.2. The van der Waals surface area contributed by atoms with Gasteiger partial charge in [0, 0.05) is 38.5 Å². The molecule has 1 fully saturated rings. The van der Waals surface area contributed by atoms with Crippen molar-refractivity contribution < 1.29 is 4.74 Å². The van der Waals surface area contributed by atoms with Gasteiger partial charge in [-0.3, -0.25) is 4.79 Å². The predicted octanol–water partition coefficient (Wildman–Crippen LogP) is 1.78. The van der Waals surface area contributed by atoms with E-state index in [1.807, 2.05) is 12.3 Å². The van der Waals surface area contributed by atoms with Crippen molar-refractivity contribution in [2.45, 2.75) is 38.8 Å². The fraction of sp³-hybridized carbons (Fsp3) is 0.688. The smallest absolute Gasteiger partial charge is 0.250 e. The summed E-state index contributed by atoms with van der Waals surface area (Å²) in [5, 5.41) is 3.58. The van der Waals surface area contributed by atoms with Gasteiger partial charge in [-0.1, -0.05) is 6.92 Å². The Kier molecular flexibility index (Phi) is 6.26. The van der Waals surface area contributed by atoms with E-state index in [2.05, 4.69) is 17.1 Å². The third-order valence-electron chi connectivity index (χ3n) is 4.16. The lowest BCUT2D eigenvalue weighted by atomic mass is 10.1. The number of nitrogens with zero attached hydrogens (tertiary/aromatic N) is 2. The molecule has 1 unspecified atom stereocenters. The third-order valence-corrected chi connectivity index (χ3v) is 4.16. The van der Waals surface area contributed by atoms with Gasteiger partial charge in [-0.25, -0.2) is 0 Å². The van der Waals surface area contributed by atoms with Crippen LogP contribution in [0.5, 0.6) is 0 Å². The summed E-state index contributed by atoms with van der Waals surface area (Å²) in [6.45, 7) is 6.85. The molecule has 1 aromatic heterocycles. The van der Waals surface area contributed by atoms with Crippen LogP contribution < -0.4 is 10.9 Å². The summed E-state index contributed by atoms with van der Waals surface area (Å²) in [7, 11) is 1.65. The van der Waals surface area contributed by atoms with Crippen molar-refractivity contribution in [1.29, 1.82) is 0 Å². The van der Waals surface area contributed by atoms with Crippen LogP contribution in [0.15, 0.2) is 23.1 Å². The Morgan fingerprint density at radius 1 is 1.33 bits per heavy atom. The van der Waals surface area contributed by atoms with Crippen molar-refractivity contribution in [3.05, 3.63) is 28.7 Å². The van der Waals surface area contributed by atoms with Crippen molar-refractivity contribution in [2.75, 3.05) is 38.7 Å². The molecule has 1 aliphatic heterocycles. The molecule has 2 heterocycles. The Morgan fingerprint density at radius 3 is 2.95 bits per heavy atom. The summed E-state index contributed by atoms with van der Waals surface area (Å²) in [6, 6.07) is 4.01. The predicted molar refractivity (Wildman–Crippen MR) is 86.0 cm³/mol. The van der Waals surface area contributed by atoms with Crippen molar-refractivity contribution in [3.63, 3.8) is 0 Å². The SMILES string of the molecule is CCN1CCCC(Nc2ccc(=O)n(CCOC)c2)CC1. The number of hydrogen-bond acceptors (Lipinski definition) is 4. The van der Waals surface area contributed by atoms with Crippen LogP contribution >= 0.6 is 0 Å². The molecular formula is C16H27N3O2. The van der Waals surface area contributed by atoms with Gasteiger partial charge in [-0.05, 0) is 38.4 Å².